The molecule has 9 heteroatoms. The third-order valence-electron chi connectivity index (χ3n) is 4.59. The first-order chi connectivity index (χ1) is 14.1. The number of hydrogen-bond acceptors (Lipinski definition) is 8. The van der Waals surface area contributed by atoms with Crippen LogP contribution in [0.5, 0.6) is 17.5 Å². The number of ether oxygens (including phenoxy) is 2. The summed E-state index contributed by atoms with van der Waals surface area (Å²) in [6, 6.07) is 7.54. The Kier molecular flexibility index (Phi) is 5.77. The van der Waals surface area contributed by atoms with Crippen molar-refractivity contribution in [2.24, 2.45) is 0 Å². The molecule has 1 aromatic carbocycles. The quantitative estimate of drug-likeness (QED) is 0.698. The maximum absolute atomic E-state index is 11.7. The van der Waals surface area contributed by atoms with Gasteiger partial charge in [0.05, 0.1) is 10.5 Å². The maximum Gasteiger partial charge on any atom is 0.290 e. The Labute approximate surface area is 172 Å². The molecule has 1 aromatic heterocycles. The Hall–Kier alpha value is -2.91. The third-order valence-corrected chi connectivity index (χ3v) is 5.40. The summed E-state index contributed by atoms with van der Waals surface area (Å²) in [5, 5.41) is 5.25. The molecule has 1 atom stereocenters. The number of imide groups is 1. The van der Waals surface area contributed by atoms with Crippen LogP contribution < -0.4 is 20.1 Å². The molecule has 0 aliphatic carbocycles. The van der Waals surface area contributed by atoms with E-state index in [1.54, 1.807) is 24.3 Å². The van der Waals surface area contributed by atoms with Crippen molar-refractivity contribution in [1.82, 2.24) is 20.6 Å². The Balaban J connectivity index is 1.48. The molecule has 2 aliphatic rings. The van der Waals surface area contributed by atoms with Crippen LogP contribution in [0.3, 0.4) is 0 Å². The smallest absolute Gasteiger partial charge is 0.290 e. The predicted octanol–water partition coefficient (Wildman–Crippen LogP) is 3.03. The molecule has 3 heterocycles. The van der Waals surface area contributed by atoms with Crippen molar-refractivity contribution in [1.29, 1.82) is 0 Å². The highest BCUT2D eigenvalue weighted by molar-refractivity contribution is 8.18. The zero-order valence-corrected chi connectivity index (χ0v) is 16.6. The molecule has 4 rings (SSSR count). The van der Waals surface area contributed by atoms with Gasteiger partial charge in [-0.2, -0.15) is 0 Å². The predicted molar refractivity (Wildman–Crippen MR) is 109 cm³/mol. The monoisotopic (exact) mass is 412 g/mol. The number of rotatable bonds is 6. The second-order valence-corrected chi connectivity index (χ2v) is 7.75. The second kappa shape index (κ2) is 8.62. The van der Waals surface area contributed by atoms with Crippen molar-refractivity contribution >= 4 is 29.0 Å². The lowest BCUT2D eigenvalue weighted by Crippen LogP contribution is -2.28. The first kappa shape index (κ1) is 19.4. The van der Waals surface area contributed by atoms with E-state index < -0.39 is 5.91 Å². The molecule has 150 valence electrons. The zero-order chi connectivity index (χ0) is 20.2. The third kappa shape index (κ3) is 4.75. The van der Waals surface area contributed by atoms with Crippen LogP contribution in [0, 0.1) is 6.92 Å². The van der Waals surface area contributed by atoms with E-state index in [2.05, 4.69) is 20.6 Å². The number of carbonyl (C=O) groups is 2. The first-order valence-electron chi connectivity index (χ1n) is 9.29. The van der Waals surface area contributed by atoms with Crippen LogP contribution in [0.15, 0.2) is 35.5 Å². The Morgan fingerprint density at radius 2 is 2.14 bits per heavy atom. The average Bonchev–Trinajstić information content (AvgIpc) is 3.32. The zero-order valence-electron chi connectivity index (χ0n) is 15.8. The summed E-state index contributed by atoms with van der Waals surface area (Å²) in [6.45, 7) is 3.43. The number of aromatic nitrogens is 2. The van der Waals surface area contributed by atoms with Gasteiger partial charge in [0.25, 0.3) is 11.1 Å². The number of benzene rings is 1. The van der Waals surface area contributed by atoms with Crippen LogP contribution in [0.2, 0.25) is 0 Å². The van der Waals surface area contributed by atoms with Gasteiger partial charge in [-0.25, -0.2) is 9.97 Å². The molecule has 2 aromatic rings. The number of amides is 2. The normalized spacial score (nSPS) is 20.2. The van der Waals surface area contributed by atoms with Crippen molar-refractivity contribution in [3.8, 4) is 17.5 Å². The molecule has 0 saturated carbocycles. The van der Waals surface area contributed by atoms with E-state index in [0.29, 0.717) is 40.6 Å². The fraction of sp³-hybridized carbons (Fsp3) is 0.300. The number of carbonyl (C=O) groups excluding carboxylic acids is 2. The fourth-order valence-electron chi connectivity index (χ4n) is 3.10. The maximum atomic E-state index is 11.7. The molecule has 2 aliphatic heterocycles. The van der Waals surface area contributed by atoms with Crippen molar-refractivity contribution in [2.75, 3.05) is 13.2 Å². The SMILES string of the molecule is Cc1c(OCC2CCCN2)ncnc1Oc1cccc(C=C2SC(=O)NC2=O)c1. The highest BCUT2D eigenvalue weighted by Gasteiger charge is 2.25. The van der Waals surface area contributed by atoms with E-state index in [1.165, 1.54) is 6.33 Å². The first-order valence-corrected chi connectivity index (χ1v) is 10.1. The summed E-state index contributed by atoms with van der Waals surface area (Å²) in [4.78, 5) is 31.8. The fourth-order valence-corrected chi connectivity index (χ4v) is 3.78. The van der Waals surface area contributed by atoms with E-state index in [1.807, 2.05) is 13.0 Å². The van der Waals surface area contributed by atoms with Crippen molar-refractivity contribution < 1.29 is 19.1 Å². The number of hydrogen-bond donors (Lipinski definition) is 2. The minimum atomic E-state index is -0.392. The van der Waals surface area contributed by atoms with Crippen LogP contribution in [-0.2, 0) is 4.79 Å². The summed E-state index contributed by atoms with van der Waals surface area (Å²) in [5.74, 6) is 1.07. The van der Waals surface area contributed by atoms with Gasteiger partial charge < -0.3 is 14.8 Å². The van der Waals surface area contributed by atoms with E-state index in [9.17, 15) is 9.59 Å². The minimum Gasteiger partial charge on any atom is -0.476 e. The van der Waals surface area contributed by atoms with Gasteiger partial charge in [-0.3, -0.25) is 14.9 Å². The molecule has 0 radical (unpaired) electrons. The van der Waals surface area contributed by atoms with Crippen LogP contribution >= 0.6 is 11.8 Å². The van der Waals surface area contributed by atoms with Crippen LogP contribution in [-0.4, -0.2) is 40.3 Å². The van der Waals surface area contributed by atoms with Crippen molar-refractivity contribution in [3.05, 3.63) is 46.6 Å². The lowest BCUT2D eigenvalue weighted by atomic mass is 10.2. The molecule has 29 heavy (non-hydrogen) atoms. The van der Waals surface area contributed by atoms with Gasteiger partial charge in [0, 0.05) is 6.04 Å². The molecule has 2 fully saturated rings. The molecular formula is C20H20N4O4S. The van der Waals surface area contributed by atoms with Gasteiger partial charge in [-0.05, 0) is 61.8 Å². The lowest BCUT2D eigenvalue weighted by molar-refractivity contribution is -0.115. The van der Waals surface area contributed by atoms with Gasteiger partial charge in [-0.1, -0.05) is 12.1 Å². The summed E-state index contributed by atoms with van der Waals surface area (Å²) in [7, 11) is 0. The number of nitrogens with one attached hydrogen (secondary N) is 2. The topological polar surface area (TPSA) is 102 Å². The summed E-state index contributed by atoms with van der Waals surface area (Å²) < 4.78 is 11.8. The average molecular weight is 412 g/mol. The standard InChI is InChI=1S/C20H20N4O4S/c1-12-18(27-10-14-5-3-7-21-14)22-11-23-19(12)28-15-6-2-4-13(8-15)9-16-17(25)24-20(26)29-16/h2,4,6,8-9,11,14,21H,3,5,7,10H2,1H3,(H,24,25,26). The summed E-state index contributed by atoms with van der Waals surface area (Å²) >= 11 is 0.877. The summed E-state index contributed by atoms with van der Waals surface area (Å²) in [5.41, 5.74) is 1.45. The van der Waals surface area contributed by atoms with E-state index >= 15 is 0 Å². The molecule has 2 N–H and O–H groups in total. The van der Waals surface area contributed by atoms with Gasteiger partial charge in [0.2, 0.25) is 11.8 Å². The van der Waals surface area contributed by atoms with E-state index in [4.69, 9.17) is 9.47 Å². The van der Waals surface area contributed by atoms with Gasteiger partial charge in [-0.15, -0.1) is 0 Å². The Morgan fingerprint density at radius 3 is 2.90 bits per heavy atom. The van der Waals surface area contributed by atoms with Gasteiger partial charge in [0.1, 0.15) is 18.7 Å². The number of thioether (sulfide) groups is 1. The molecule has 0 spiro atoms. The second-order valence-electron chi connectivity index (χ2n) is 6.74. The highest BCUT2D eigenvalue weighted by Crippen LogP contribution is 2.30. The molecule has 2 amide bonds. The van der Waals surface area contributed by atoms with Gasteiger partial charge in [0.15, 0.2) is 0 Å². The highest BCUT2D eigenvalue weighted by atomic mass is 32.2. The van der Waals surface area contributed by atoms with Crippen LogP contribution in [0.25, 0.3) is 6.08 Å². The van der Waals surface area contributed by atoms with Crippen molar-refractivity contribution in [2.45, 2.75) is 25.8 Å². The minimum absolute atomic E-state index is 0.344. The summed E-state index contributed by atoms with van der Waals surface area (Å²) in [6.07, 6.45) is 5.31. The Bertz CT molecular complexity index is 973. The lowest BCUT2D eigenvalue weighted by Gasteiger charge is -2.14. The molecular weight excluding hydrogens is 392 g/mol. The largest absolute Gasteiger partial charge is 0.476 e. The van der Waals surface area contributed by atoms with Crippen LogP contribution in [0.1, 0.15) is 24.0 Å². The van der Waals surface area contributed by atoms with Gasteiger partial charge >= 0.3 is 0 Å². The van der Waals surface area contributed by atoms with E-state index in [-0.39, 0.29) is 5.24 Å². The Morgan fingerprint density at radius 1 is 1.28 bits per heavy atom. The molecule has 1 unspecified atom stereocenters. The molecule has 0 bridgehead atoms. The van der Waals surface area contributed by atoms with E-state index in [0.717, 1.165) is 36.7 Å². The van der Waals surface area contributed by atoms with Crippen molar-refractivity contribution in [3.63, 3.8) is 0 Å². The number of nitrogens with zero attached hydrogens (tertiary/aromatic N) is 2. The molecule has 8 nitrogen and oxygen atoms in total. The molecule has 2 saturated heterocycles. The van der Waals surface area contributed by atoms with Crippen LogP contribution in [0.4, 0.5) is 4.79 Å².